The minimum Gasteiger partial charge on any atom is -0.479 e. The first-order valence-corrected chi connectivity index (χ1v) is 14.8. The van der Waals surface area contributed by atoms with Gasteiger partial charge in [-0.1, -0.05) is 0 Å². The van der Waals surface area contributed by atoms with E-state index in [0.29, 0.717) is 0 Å². The van der Waals surface area contributed by atoms with Crippen LogP contribution in [0, 0.1) is 0 Å². The summed E-state index contributed by atoms with van der Waals surface area (Å²) in [4.78, 5) is 24.1. The van der Waals surface area contributed by atoms with Crippen LogP contribution >= 0.6 is 0 Å². The van der Waals surface area contributed by atoms with Crippen molar-refractivity contribution in [2.24, 2.45) is 0 Å². The van der Waals surface area contributed by atoms with Gasteiger partial charge in [0.1, 0.15) is 79.3 Å². The van der Waals surface area contributed by atoms with Gasteiger partial charge in [-0.3, -0.25) is 4.79 Å². The molecule has 1 amide bonds. The SMILES string of the molecule is CC(=O)N[C@@H]1[C@@H](O[C@H]2O[C@H](C(=O)O)[C@H](O[C@@H]3O[C@@H](C)[C@H](O)[C@@H](O)[C@H]3O[C@@H]3O[C@@H](C)[C@H](O)[C@@H](O)[C@H]3O)[C@H](O)[C@H]2O)[C@H](O)[C@@H](CO)O[C@H]1O. The molecule has 0 unspecified atom stereocenters. The normalized spacial score (nSPS) is 50.9. The van der Waals surface area contributed by atoms with Crippen LogP contribution in [0.15, 0.2) is 0 Å². The summed E-state index contributed by atoms with van der Waals surface area (Å²) >= 11 is 0. The van der Waals surface area contributed by atoms with Crippen molar-refractivity contribution >= 4 is 11.9 Å². The van der Waals surface area contributed by atoms with Crippen molar-refractivity contribution in [3.63, 3.8) is 0 Å². The summed E-state index contributed by atoms with van der Waals surface area (Å²) in [5.74, 6) is -2.48. The number of amides is 1. The molecule has 0 saturated carbocycles. The summed E-state index contributed by atoms with van der Waals surface area (Å²) in [6.45, 7) is 2.92. The summed E-state index contributed by atoms with van der Waals surface area (Å²) in [5, 5.41) is 117. The topological polar surface area (TPSA) is 333 Å². The van der Waals surface area contributed by atoms with Crippen molar-refractivity contribution in [1.82, 2.24) is 5.32 Å². The van der Waals surface area contributed by atoms with Gasteiger partial charge < -0.3 is 94.6 Å². The second-order valence-electron chi connectivity index (χ2n) is 11.9. The smallest absolute Gasteiger partial charge is 0.335 e. The monoisotopic (exact) mass is 689 g/mol. The van der Waals surface area contributed by atoms with Crippen LogP contribution < -0.4 is 5.32 Å². The summed E-state index contributed by atoms with van der Waals surface area (Å²) < 4.78 is 38.3. The van der Waals surface area contributed by atoms with Crippen molar-refractivity contribution in [3.8, 4) is 0 Å². The standard InChI is InChI=1S/C26H43NO20/c1-5-10(30)13(33)16(36)24(41-5)46-20-14(34)11(31)6(2)42-26(20)45-19-15(35)17(37)25(47-21(19)22(38)39)44-18-9(27-7(3)29)23(40)43-8(4-28)12(18)32/h5-6,8-21,23-26,28,30-37,40H,4H2,1-3H3,(H,27,29)(H,38,39)/t5-,6-,8+,9+,10-,11-,12+,13+,14+,15+,16+,17+,18+,19+,20+,21-,23+,24-,25-,26-/m0/s1. The zero-order valence-electron chi connectivity index (χ0n) is 25.3. The number of carbonyl (C=O) groups is 2. The van der Waals surface area contributed by atoms with E-state index in [1.54, 1.807) is 0 Å². The molecule has 0 aromatic heterocycles. The highest BCUT2D eigenvalue weighted by molar-refractivity contribution is 5.74. The van der Waals surface area contributed by atoms with Crippen LogP contribution in [0.3, 0.4) is 0 Å². The van der Waals surface area contributed by atoms with Gasteiger partial charge in [0.2, 0.25) is 5.91 Å². The van der Waals surface area contributed by atoms with Crippen molar-refractivity contribution < 1.29 is 98.9 Å². The zero-order chi connectivity index (χ0) is 35.1. The molecule has 4 aliphatic rings. The number of carboxylic acid groups (broad SMARTS) is 1. The van der Waals surface area contributed by atoms with Gasteiger partial charge in [0.05, 0.1) is 18.8 Å². The largest absolute Gasteiger partial charge is 0.479 e. The fourth-order valence-corrected chi connectivity index (χ4v) is 5.78. The van der Waals surface area contributed by atoms with Crippen LogP contribution in [0.4, 0.5) is 0 Å². The van der Waals surface area contributed by atoms with Crippen LogP contribution in [0.1, 0.15) is 20.8 Å². The second-order valence-corrected chi connectivity index (χ2v) is 11.9. The van der Waals surface area contributed by atoms with E-state index in [2.05, 4.69) is 5.32 Å². The first kappa shape index (κ1) is 38.1. The maximum Gasteiger partial charge on any atom is 0.335 e. The molecular weight excluding hydrogens is 646 g/mol. The lowest BCUT2D eigenvalue weighted by Gasteiger charge is -2.49. The molecule has 0 radical (unpaired) electrons. The third-order valence-electron chi connectivity index (χ3n) is 8.50. The summed E-state index contributed by atoms with van der Waals surface area (Å²) in [6.07, 6.45) is -33.6. The van der Waals surface area contributed by atoms with Crippen molar-refractivity contribution in [1.29, 1.82) is 0 Å². The fraction of sp³-hybridized carbons (Fsp3) is 0.923. The number of carbonyl (C=O) groups excluding carboxylic acids is 1. The van der Waals surface area contributed by atoms with Gasteiger partial charge in [-0.05, 0) is 13.8 Å². The molecule has 0 bridgehead atoms. The molecule has 0 aromatic carbocycles. The lowest BCUT2D eigenvalue weighted by molar-refractivity contribution is -0.386. The third kappa shape index (κ3) is 7.86. The van der Waals surface area contributed by atoms with Crippen LogP contribution in [0.2, 0.25) is 0 Å². The van der Waals surface area contributed by atoms with Crippen molar-refractivity contribution in [2.75, 3.05) is 6.61 Å². The van der Waals surface area contributed by atoms with Crippen LogP contribution in [-0.2, 0) is 42.7 Å². The number of hydrogen-bond donors (Lipinski definition) is 12. The van der Waals surface area contributed by atoms with E-state index in [9.17, 15) is 65.8 Å². The first-order valence-electron chi connectivity index (χ1n) is 14.8. The Labute approximate surface area is 266 Å². The Kier molecular flexibility index (Phi) is 12.5. The Morgan fingerprint density at radius 2 is 1.11 bits per heavy atom. The Morgan fingerprint density at radius 1 is 0.617 bits per heavy atom. The average molecular weight is 690 g/mol. The van der Waals surface area contributed by atoms with Crippen molar-refractivity contribution in [2.45, 2.75) is 144 Å². The molecule has 21 heteroatoms. The molecule has 20 atom stereocenters. The van der Waals surface area contributed by atoms with Gasteiger partial charge in [-0.2, -0.15) is 0 Å². The zero-order valence-corrected chi connectivity index (χ0v) is 25.3. The average Bonchev–Trinajstić information content (AvgIpc) is 3.01. The number of hydrogen-bond acceptors (Lipinski definition) is 19. The van der Waals surface area contributed by atoms with E-state index in [4.69, 9.17) is 33.2 Å². The minimum atomic E-state index is -2.18. The molecule has 21 nitrogen and oxygen atoms in total. The third-order valence-corrected chi connectivity index (χ3v) is 8.50. The molecule has 12 N–H and O–H groups in total. The molecule has 4 fully saturated rings. The summed E-state index contributed by atoms with van der Waals surface area (Å²) in [6, 6.07) is -1.52. The van der Waals surface area contributed by atoms with Gasteiger partial charge in [-0.25, -0.2) is 4.79 Å². The predicted molar refractivity (Wildman–Crippen MR) is 143 cm³/mol. The predicted octanol–water partition coefficient (Wildman–Crippen LogP) is -7.46. The number of rotatable bonds is 9. The molecule has 4 saturated heterocycles. The molecule has 0 aromatic rings. The van der Waals surface area contributed by atoms with E-state index < -0.39 is 141 Å². The molecular formula is C26H43NO20. The second kappa shape index (κ2) is 15.4. The Hall–Kier alpha value is -1.74. The molecule has 272 valence electrons. The molecule has 4 aliphatic heterocycles. The number of aliphatic carboxylic acids is 1. The van der Waals surface area contributed by atoms with Gasteiger partial charge in [0.25, 0.3) is 0 Å². The van der Waals surface area contributed by atoms with Crippen LogP contribution in [-0.4, -0.2) is 197 Å². The van der Waals surface area contributed by atoms with E-state index in [0.717, 1.165) is 6.92 Å². The first-order chi connectivity index (χ1) is 22.0. The fourth-order valence-electron chi connectivity index (χ4n) is 5.78. The highest BCUT2D eigenvalue weighted by Crippen LogP contribution is 2.34. The molecule has 0 spiro atoms. The quantitative estimate of drug-likeness (QED) is 0.107. The van der Waals surface area contributed by atoms with Crippen LogP contribution in [0.25, 0.3) is 0 Å². The molecule has 4 heterocycles. The maximum atomic E-state index is 12.3. The molecule has 47 heavy (non-hydrogen) atoms. The minimum absolute atomic E-state index is 0.708. The van der Waals surface area contributed by atoms with Gasteiger partial charge >= 0.3 is 5.97 Å². The van der Waals surface area contributed by atoms with Gasteiger partial charge in [0, 0.05) is 6.92 Å². The van der Waals surface area contributed by atoms with E-state index in [1.165, 1.54) is 13.8 Å². The number of aliphatic hydroxyl groups is 10. The number of carboxylic acids is 1. The molecule has 0 aliphatic carbocycles. The van der Waals surface area contributed by atoms with E-state index >= 15 is 0 Å². The Balaban J connectivity index is 1.56. The highest BCUT2D eigenvalue weighted by Gasteiger charge is 2.56. The number of ether oxygens (including phenoxy) is 7. The lowest BCUT2D eigenvalue weighted by atomic mass is 9.95. The summed E-state index contributed by atoms with van der Waals surface area (Å²) in [5.41, 5.74) is 0. The number of aliphatic hydroxyl groups excluding tert-OH is 10. The van der Waals surface area contributed by atoms with E-state index in [1.807, 2.05) is 0 Å². The molecule has 4 rings (SSSR count). The Bertz CT molecular complexity index is 1070. The van der Waals surface area contributed by atoms with E-state index in [-0.39, 0.29) is 0 Å². The summed E-state index contributed by atoms with van der Waals surface area (Å²) in [7, 11) is 0. The van der Waals surface area contributed by atoms with Crippen LogP contribution in [0.5, 0.6) is 0 Å². The van der Waals surface area contributed by atoms with Crippen molar-refractivity contribution in [3.05, 3.63) is 0 Å². The number of nitrogens with one attached hydrogen (secondary N) is 1. The van der Waals surface area contributed by atoms with Gasteiger partial charge in [-0.15, -0.1) is 0 Å². The van der Waals surface area contributed by atoms with Gasteiger partial charge in [0.15, 0.2) is 31.3 Å². The Morgan fingerprint density at radius 3 is 1.68 bits per heavy atom. The highest BCUT2D eigenvalue weighted by atomic mass is 16.8. The maximum absolute atomic E-state index is 12.3. The lowest BCUT2D eigenvalue weighted by Crippen LogP contribution is -2.69.